The van der Waals surface area contributed by atoms with E-state index in [9.17, 15) is 0 Å². The number of hydrogen-bond donors (Lipinski definition) is 1. The van der Waals surface area contributed by atoms with Crippen molar-refractivity contribution in [2.45, 2.75) is 18.9 Å². The van der Waals surface area contributed by atoms with Crippen LogP contribution in [0.15, 0.2) is 22.7 Å². The Kier molecular flexibility index (Phi) is 3.97. The van der Waals surface area contributed by atoms with Gasteiger partial charge in [-0.1, -0.05) is 28.1 Å². The van der Waals surface area contributed by atoms with E-state index in [1.807, 2.05) is 0 Å². The van der Waals surface area contributed by atoms with E-state index in [0.717, 1.165) is 12.1 Å². The molecule has 1 unspecified atom stereocenters. The molecule has 0 amide bonds. The molecule has 2 rings (SSSR count). The smallest absolute Gasteiger partial charge is 0.0930 e. The summed E-state index contributed by atoms with van der Waals surface area (Å²) in [6, 6.07) is 6.37. The minimum absolute atomic E-state index is 0.462. The summed E-state index contributed by atoms with van der Waals surface area (Å²) in [6.45, 7) is 2.79. The van der Waals surface area contributed by atoms with Gasteiger partial charge in [0.1, 0.15) is 0 Å². The molecule has 0 aliphatic carbocycles. The maximum absolute atomic E-state index is 5.07. The molecule has 0 aromatic heterocycles. The van der Waals surface area contributed by atoms with Crippen LogP contribution in [0, 0.1) is 0 Å². The van der Waals surface area contributed by atoms with Crippen molar-refractivity contribution < 1.29 is 4.84 Å². The molecule has 1 aliphatic heterocycles. The average Bonchev–Trinajstić information content (AvgIpc) is 2.65. The monoisotopic (exact) mass is 284 g/mol. The molecule has 1 fully saturated rings. The molecule has 1 aromatic carbocycles. The molecule has 0 spiro atoms. The van der Waals surface area contributed by atoms with Crippen LogP contribution >= 0.6 is 15.9 Å². The van der Waals surface area contributed by atoms with Crippen molar-refractivity contribution in [1.29, 1.82) is 0 Å². The summed E-state index contributed by atoms with van der Waals surface area (Å²) in [5, 5.41) is 0. The second-order valence-corrected chi connectivity index (χ2v) is 5.27. The predicted molar refractivity (Wildman–Crippen MR) is 68.0 cm³/mol. The van der Waals surface area contributed by atoms with Crippen molar-refractivity contribution in [3.8, 4) is 0 Å². The van der Waals surface area contributed by atoms with Crippen LogP contribution in [0.3, 0.4) is 0 Å². The first-order valence-electron chi connectivity index (χ1n) is 5.49. The highest BCUT2D eigenvalue weighted by Crippen LogP contribution is 2.32. The van der Waals surface area contributed by atoms with Crippen LogP contribution in [0.5, 0.6) is 0 Å². The zero-order chi connectivity index (χ0) is 11.5. The van der Waals surface area contributed by atoms with E-state index in [4.69, 9.17) is 5.90 Å². The van der Waals surface area contributed by atoms with Crippen molar-refractivity contribution in [3.05, 3.63) is 33.8 Å². The summed E-state index contributed by atoms with van der Waals surface area (Å²) in [5.41, 5.74) is 2.49. The lowest BCUT2D eigenvalue weighted by Gasteiger charge is -2.13. The van der Waals surface area contributed by atoms with Crippen LogP contribution in [0.25, 0.3) is 0 Å². The summed E-state index contributed by atoms with van der Waals surface area (Å²) in [4.78, 5) is 7.01. The number of hydrogen-bond acceptors (Lipinski definition) is 3. The SMILES string of the molecule is CN1CCC(c2ccc(CON)cc2Br)C1. The molecule has 88 valence electrons. The zero-order valence-corrected chi connectivity index (χ0v) is 11.0. The maximum Gasteiger partial charge on any atom is 0.0930 e. The molecule has 0 saturated carbocycles. The number of benzene rings is 1. The Morgan fingerprint density at radius 2 is 2.38 bits per heavy atom. The van der Waals surface area contributed by atoms with E-state index in [1.165, 1.54) is 23.0 Å². The molecule has 2 N–H and O–H groups in total. The largest absolute Gasteiger partial charge is 0.306 e. The minimum atomic E-state index is 0.462. The fourth-order valence-electron chi connectivity index (χ4n) is 2.28. The van der Waals surface area contributed by atoms with Gasteiger partial charge in [0, 0.05) is 11.0 Å². The van der Waals surface area contributed by atoms with E-state index in [0.29, 0.717) is 12.5 Å². The molecule has 1 heterocycles. The third-order valence-electron chi connectivity index (χ3n) is 3.15. The number of nitrogens with two attached hydrogens (primary N) is 1. The van der Waals surface area contributed by atoms with Crippen molar-refractivity contribution in [2.24, 2.45) is 5.90 Å². The van der Waals surface area contributed by atoms with Gasteiger partial charge >= 0.3 is 0 Å². The molecule has 16 heavy (non-hydrogen) atoms. The van der Waals surface area contributed by atoms with Crippen LogP contribution < -0.4 is 5.90 Å². The van der Waals surface area contributed by atoms with Gasteiger partial charge in [-0.05, 0) is 43.1 Å². The van der Waals surface area contributed by atoms with Gasteiger partial charge in [-0.15, -0.1) is 0 Å². The lowest BCUT2D eigenvalue weighted by molar-refractivity contribution is 0.124. The Balaban J connectivity index is 2.16. The third kappa shape index (κ3) is 2.63. The summed E-state index contributed by atoms with van der Waals surface area (Å²) in [7, 11) is 2.17. The molecule has 0 bridgehead atoms. The quantitative estimate of drug-likeness (QED) is 0.866. The first kappa shape index (κ1) is 12.0. The van der Waals surface area contributed by atoms with Crippen LogP contribution in [-0.2, 0) is 11.4 Å². The molecular formula is C12H17BrN2O. The molecule has 1 saturated heterocycles. The molecule has 3 nitrogen and oxygen atoms in total. The summed E-state index contributed by atoms with van der Waals surface area (Å²) in [6.07, 6.45) is 1.24. The highest BCUT2D eigenvalue weighted by Gasteiger charge is 2.22. The maximum atomic E-state index is 5.07. The van der Waals surface area contributed by atoms with Gasteiger partial charge in [0.2, 0.25) is 0 Å². The van der Waals surface area contributed by atoms with Crippen LogP contribution in [0.2, 0.25) is 0 Å². The summed E-state index contributed by atoms with van der Waals surface area (Å²) >= 11 is 3.63. The second kappa shape index (κ2) is 5.27. The number of nitrogens with zero attached hydrogens (tertiary/aromatic N) is 1. The first-order valence-corrected chi connectivity index (χ1v) is 6.28. The van der Waals surface area contributed by atoms with E-state index in [1.54, 1.807) is 0 Å². The summed E-state index contributed by atoms with van der Waals surface area (Å²) < 4.78 is 1.17. The summed E-state index contributed by atoms with van der Waals surface area (Å²) in [5.74, 6) is 5.71. The zero-order valence-electron chi connectivity index (χ0n) is 9.45. The van der Waals surface area contributed by atoms with Crippen molar-refractivity contribution in [1.82, 2.24) is 4.90 Å². The van der Waals surface area contributed by atoms with Gasteiger partial charge in [-0.25, -0.2) is 5.90 Å². The van der Waals surface area contributed by atoms with E-state index < -0.39 is 0 Å². The van der Waals surface area contributed by atoms with Gasteiger partial charge in [0.15, 0.2) is 0 Å². The Labute approximate surface area is 105 Å². The van der Waals surface area contributed by atoms with E-state index >= 15 is 0 Å². The van der Waals surface area contributed by atoms with Crippen molar-refractivity contribution in [3.63, 3.8) is 0 Å². The highest BCUT2D eigenvalue weighted by molar-refractivity contribution is 9.10. The normalized spacial score (nSPS) is 21.6. The Morgan fingerprint density at radius 3 is 2.94 bits per heavy atom. The highest BCUT2D eigenvalue weighted by atomic mass is 79.9. The van der Waals surface area contributed by atoms with Gasteiger partial charge < -0.3 is 4.90 Å². The van der Waals surface area contributed by atoms with Gasteiger partial charge in [0.25, 0.3) is 0 Å². The first-order chi connectivity index (χ1) is 7.70. The van der Waals surface area contributed by atoms with Crippen molar-refractivity contribution >= 4 is 15.9 Å². The molecule has 0 radical (unpaired) electrons. The van der Waals surface area contributed by atoms with E-state index in [-0.39, 0.29) is 0 Å². The third-order valence-corrected chi connectivity index (χ3v) is 3.83. The lowest BCUT2D eigenvalue weighted by Crippen LogP contribution is -2.13. The predicted octanol–water partition coefficient (Wildman–Crippen LogP) is 2.26. The van der Waals surface area contributed by atoms with Crippen LogP contribution in [0.4, 0.5) is 0 Å². The van der Waals surface area contributed by atoms with Gasteiger partial charge in [-0.3, -0.25) is 4.84 Å². The Morgan fingerprint density at radius 1 is 1.56 bits per heavy atom. The van der Waals surface area contributed by atoms with E-state index in [2.05, 4.69) is 50.9 Å². The second-order valence-electron chi connectivity index (χ2n) is 4.41. The molecule has 1 aliphatic rings. The Hall–Kier alpha value is -0.420. The van der Waals surface area contributed by atoms with Crippen LogP contribution in [0.1, 0.15) is 23.5 Å². The topological polar surface area (TPSA) is 38.5 Å². The molecule has 4 heteroatoms. The molecular weight excluding hydrogens is 268 g/mol. The molecule has 1 aromatic rings. The minimum Gasteiger partial charge on any atom is -0.306 e. The van der Waals surface area contributed by atoms with Gasteiger partial charge in [0.05, 0.1) is 6.61 Å². The Bertz CT molecular complexity index is 370. The van der Waals surface area contributed by atoms with Crippen LogP contribution in [-0.4, -0.2) is 25.0 Å². The van der Waals surface area contributed by atoms with Gasteiger partial charge in [-0.2, -0.15) is 0 Å². The fourth-order valence-corrected chi connectivity index (χ4v) is 3.03. The van der Waals surface area contributed by atoms with Crippen molar-refractivity contribution in [2.75, 3.05) is 20.1 Å². The lowest BCUT2D eigenvalue weighted by atomic mass is 9.97. The number of rotatable bonds is 3. The molecule has 1 atom stereocenters. The number of halogens is 1. The average molecular weight is 285 g/mol. The number of likely N-dealkylation sites (tertiary alicyclic amines) is 1. The standard InChI is InChI=1S/C12H17BrN2O/c1-15-5-4-10(7-15)11-3-2-9(8-16-14)6-12(11)13/h2-3,6,10H,4-5,7-8,14H2,1H3. The fraction of sp³-hybridized carbons (Fsp3) is 0.500. The number of likely N-dealkylation sites (N-methyl/N-ethyl adjacent to an activating group) is 1.